The molecule has 1 heterocycles. The van der Waals surface area contributed by atoms with Crippen molar-refractivity contribution in [3.63, 3.8) is 0 Å². The zero-order valence-corrected chi connectivity index (χ0v) is 20.7. The smallest absolute Gasteiger partial charge is 0.306 e. The van der Waals surface area contributed by atoms with Crippen molar-refractivity contribution >= 4 is 56.6 Å². The topological polar surface area (TPSA) is 44.7 Å². The molecule has 0 bridgehead atoms. The third kappa shape index (κ3) is 4.94. The molecule has 10 heteroatoms. The van der Waals surface area contributed by atoms with Gasteiger partial charge < -0.3 is 5.32 Å². The van der Waals surface area contributed by atoms with Gasteiger partial charge in [0.15, 0.2) is 0 Å². The lowest BCUT2D eigenvalue weighted by Crippen LogP contribution is -2.38. The Kier molecular flexibility index (Phi) is 6.68. The van der Waals surface area contributed by atoms with E-state index in [1.165, 1.54) is 17.1 Å². The maximum absolute atomic E-state index is 13.2. The molecular weight excluding hydrogens is 554 g/mol. The number of amides is 2. The Morgan fingerprint density at radius 1 is 1.06 bits per heavy atom. The van der Waals surface area contributed by atoms with Gasteiger partial charge in [-0.15, -0.1) is 0 Å². The SMILES string of the molecule is CC1(c2ccc(Cl)cc2)CN(C(=O)Nc2ccc(Br)cc2)N=C1c1ccc(C(F)(F)F)c(Cl)c1. The predicted octanol–water partition coefficient (Wildman–Crippen LogP) is 7.98. The second-order valence-electron chi connectivity index (χ2n) is 7.97. The molecule has 1 N–H and O–H groups in total. The van der Waals surface area contributed by atoms with Crippen molar-refractivity contribution in [3.8, 4) is 0 Å². The summed E-state index contributed by atoms with van der Waals surface area (Å²) < 4.78 is 40.5. The van der Waals surface area contributed by atoms with Crippen molar-refractivity contribution in [2.45, 2.75) is 18.5 Å². The molecular formula is C24H17BrCl2F3N3O. The van der Waals surface area contributed by atoms with Gasteiger partial charge in [-0.3, -0.25) is 0 Å². The number of nitrogens with zero attached hydrogens (tertiary/aromatic N) is 2. The first kappa shape index (κ1) is 24.6. The Morgan fingerprint density at radius 2 is 1.71 bits per heavy atom. The zero-order chi connectivity index (χ0) is 24.7. The fourth-order valence-corrected chi connectivity index (χ4v) is 4.47. The van der Waals surface area contributed by atoms with Crippen LogP contribution in [0.15, 0.2) is 76.3 Å². The number of rotatable bonds is 3. The lowest BCUT2D eigenvalue weighted by atomic mass is 9.76. The molecule has 0 aliphatic carbocycles. The number of hydrazone groups is 1. The molecule has 34 heavy (non-hydrogen) atoms. The Morgan fingerprint density at radius 3 is 2.29 bits per heavy atom. The lowest BCUT2D eigenvalue weighted by Gasteiger charge is -2.27. The van der Waals surface area contributed by atoms with Gasteiger partial charge in [0, 0.05) is 20.7 Å². The first-order valence-electron chi connectivity index (χ1n) is 10.0. The van der Waals surface area contributed by atoms with Crippen molar-refractivity contribution < 1.29 is 18.0 Å². The van der Waals surface area contributed by atoms with Crippen molar-refractivity contribution in [1.82, 2.24) is 5.01 Å². The minimum Gasteiger partial charge on any atom is -0.306 e. The molecule has 1 atom stereocenters. The van der Waals surface area contributed by atoms with E-state index in [9.17, 15) is 18.0 Å². The van der Waals surface area contributed by atoms with E-state index in [-0.39, 0.29) is 6.54 Å². The third-order valence-corrected chi connectivity index (χ3v) is 6.66. The zero-order valence-electron chi connectivity index (χ0n) is 17.6. The first-order chi connectivity index (χ1) is 16.0. The van der Waals surface area contributed by atoms with Gasteiger partial charge >= 0.3 is 12.2 Å². The van der Waals surface area contributed by atoms with E-state index >= 15 is 0 Å². The predicted molar refractivity (Wildman–Crippen MR) is 132 cm³/mol. The summed E-state index contributed by atoms with van der Waals surface area (Å²) in [6.45, 7) is 2.03. The van der Waals surface area contributed by atoms with E-state index in [1.54, 1.807) is 48.5 Å². The van der Waals surface area contributed by atoms with Crippen LogP contribution in [0.25, 0.3) is 0 Å². The molecule has 1 aliphatic rings. The van der Waals surface area contributed by atoms with E-state index in [0.29, 0.717) is 22.0 Å². The Balaban J connectivity index is 1.74. The largest absolute Gasteiger partial charge is 0.417 e. The molecule has 2 amide bonds. The molecule has 0 saturated heterocycles. The highest BCUT2D eigenvalue weighted by Crippen LogP contribution is 2.39. The molecule has 1 aliphatic heterocycles. The third-order valence-electron chi connectivity index (χ3n) is 5.57. The van der Waals surface area contributed by atoms with Crippen LogP contribution in [0.5, 0.6) is 0 Å². The van der Waals surface area contributed by atoms with Crippen molar-refractivity contribution in [3.05, 3.63) is 97.9 Å². The number of anilines is 1. The van der Waals surface area contributed by atoms with E-state index in [4.69, 9.17) is 23.2 Å². The maximum atomic E-state index is 13.2. The number of urea groups is 1. The summed E-state index contributed by atoms with van der Waals surface area (Å²) in [4.78, 5) is 13.0. The van der Waals surface area contributed by atoms with Crippen LogP contribution in [-0.4, -0.2) is 23.3 Å². The van der Waals surface area contributed by atoms with Gasteiger partial charge in [0.25, 0.3) is 0 Å². The quantitative estimate of drug-likeness (QED) is 0.341. The van der Waals surface area contributed by atoms with Crippen LogP contribution in [-0.2, 0) is 11.6 Å². The standard InChI is InChI=1S/C24H17BrCl2F3N3O/c1-23(15-3-7-17(26)8-4-15)13-33(22(34)31-18-9-5-16(25)6-10-18)32-21(23)14-2-11-19(20(27)12-14)24(28,29)30/h2-12H,13H2,1H3,(H,31,34). The molecule has 4 nitrogen and oxygen atoms in total. The molecule has 0 saturated carbocycles. The number of hydrogen-bond acceptors (Lipinski definition) is 2. The van der Waals surface area contributed by atoms with Gasteiger partial charge in [-0.05, 0) is 61.0 Å². The average Bonchev–Trinajstić information content (AvgIpc) is 3.13. The van der Waals surface area contributed by atoms with E-state index < -0.39 is 28.2 Å². The van der Waals surface area contributed by atoms with Gasteiger partial charge in [-0.25, -0.2) is 9.80 Å². The molecule has 4 rings (SSSR count). The highest BCUT2D eigenvalue weighted by molar-refractivity contribution is 9.10. The Labute approximate surface area is 212 Å². The monoisotopic (exact) mass is 569 g/mol. The fraction of sp³-hybridized carbons (Fsp3) is 0.167. The molecule has 176 valence electrons. The number of nitrogens with one attached hydrogen (secondary N) is 1. The second kappa shape index (κ2) is 9.24. The number of alkyl halides is 3. The molecule has 0 radical (unpaired) electrons. The summed E-state index contributed by atoms with van der Waals surface area (Å²) in [5.74, 6) is 0. The summed E-state index contributed by atoms with van der Waals surface area (Å²) in [5.41, 5.74) is 0.402. The van der Waals surface area contributed by atoms with Gasteiger partial charge in [-0.1, -0.05) is 57.3 Å². The van der Waals surface area contributed by atoms with Gasteiger partial charge in [0.05, 0.1) is 28.3 Å². The molecule has 1 unspecified atom stereocenters. The number of benzene rings is 3. The summed E-state index contributed by atoms with van der Waals surface area (Å²) in [6.07, 6.45) is -4.58. The van der Waals surface area contributed by atoms with Gasteiger partial charge in [-0.2, -0.15) is 18.3 Å². The maximum Gasteiger partial charge on any atom is 0.417 e. The Hall–Kier alpha value is -2.55. The number of carbonyl (C=O) groups excluding carboxylic acids is 1. The van der Waals surface area contributed by atoms with E-state index in [1.807, 2.05) is 6.92 Å². The van der Waals surface area contributed by atoms with Crippen LogP contribution in [0.4, 0.5) is 23.7 Å². The summed E-state index contributed by atoms with van der Waals surface area (Å²) in [6, 6.07) is 17.1. The molecule has 0 fully saturated rings. The van der Waals surface area contributed by atoms with Crippen LogP contribution >= 0.6 is 39.1 Å². The lowest BCUT2D eigenvalue weighted by molar-refractivity contribution is -0.137. The molecule has 3 aromatic carbocycles. The normalized spacial score (nSPS) is 18.1. The average molecular weight is 571 g/mol. The molecule has 3 aromatic rings. The molecule has 0 spiro atoms. The van der Waals surface area contributed by atoms with Crippen LogP contribution < -0.4 is 5.32 Å². The molecule has 0 aromatic heterocycles. The van der Waals surface area contributed by atoms with Crippen LogP contribution in [0.3, 0.4) is 0 Å². The van der Waals surface area contributed by atoms with Crippen molar-refractivity contribution in [1.29, 1.82) is 0 Å². The summed E-state index contributed by atoms with van der Waals surface area (Å²) in [7, 11) is 0. The van der Waals surface area contributed by atoms with Crippen molar-refractivity contribution in [2.24, 2.45) is 5.10 Å². The first-order valence-corrected chi connectivity index (χ1v) is 11.6. The van der Waals surface area contributed by atoms with Gasteiger partial charge in [0.1, 0.15) is 0 Å². The number of halogens is 6. The fourth-order valence-electron chi connectivity index (χ4n) is 3.79. The van der Waals surface area contributed by atoms with Crippen molar-refractivity contribution in [2.75, 3.05) is 11.9 Å². The van der Waals surface area contributed by atoms with E-state index in [2.05, 4.69) is 26.3 Å². The minimum atomic E-state index is -4.58. The van der Waals surface area contributed by atoms with Crippen LogP contribution in [0.1, 0.15) is 23.6 Å². The Bertz CT molecular complexity index is 1260. The summed E-state index contributed by atoms with van der Waals surface area (Å²) >= 11 is 15.4. The van der Waals surface area contributed by atoms with E-state index in [0.717, 1.165) is 16.1 Å². The van der Waals surface area contributed by atoms with Gasteiger partial charge in [0.2, 0.25) is 0 Å². The summed E-state index contributed by atoms with van der Waals surface area (Å²) in [5, 5.41) is 8.65. The highest BCUT2D eigenvalue weighted by Gasteiger charge is 2.43. The minimum absolute atomic E-state index is 0.158. The number of hydrogen-bond donors (Lipinski definition) is 1. The van der Waals surface area contributed by atoms with Crippen LogP contribution in [0, 0.1) is 0 Å². The number of carbonyl (C=O) groups is 1. The van der Waals surface area contributed by atoms with Crippen LogP contribution in [0.2, 0.25) is 10.0 Å². The highest BCUT2D eigenvalue weighted by atomic mass is 79.9. The second-order valence-corrected chi connectivity index (χ2v) is 9.73.